The second-order valence-corrected chi connectivity index (χ2v) is 7.18. The first-order chi connectivity index (χ1) is 10.8. The van der Waals surface area contributed by atoms with Gasteiger partial charge in [0, 0.05) is 13.1 Å². The summed E-state index contributed by atoms with van der Waals surface area (Å²) in [6.45, 7) is 3.86. The van der Waals surface area contributed by atoms with Crippen LogP contribution in [0.5, 0.6) is 11.5 Å². The number of aryl methyl sites for hydroxylation is 1. The maximum absolute atomic E-state index is 12.9. The smallest absolute Gasteiger partial charge is 0.264 e. The Morgan fingerprint density at radius 1 is 0.957 bits per heavy atom. The van der Waals surface area contributed by atoms with E-state index >= 15 is 0 Å². The molecule has 6 heteroatoms. The third-order valence-corrected chi connectivity index (χ3v) is 5.70. The zero-order chi connectivity index (χ0) is 17.2. The average Bonchev–Trinajstić information content (AvgIpc) is 2.55. The first-order valence-electron chi connectivity index (χ1n) is 7.10. The summed E-state index contributed by atoms with van der Waals surface area (Å²) in [4.78, 5) is 0.151. The Morgan fingerprint density at radius 2 is 1.61 bits per heavy atom. The lowest BCUT2D eigenvalue weighted by molar-refractivity contribution is 0.354. The molecular formula is C17H21NO4S. The van der Waals surface area contributed by atoms with E-state index in [9.17, 15) is 8.42 Å². The van der Waals surface area contributed by atoms with Crippen LogP contribution in [0.4, 0.5) is 5.69 Å². The highest BCUT2D eigenvalue weighted by molar-refractivity contribution is 7.92. The van der Waals surface area contributed by atoms with Gasteiger partial charge >= 0.3 is 0 Å². The van der Waals surface area contributed by atoms with Gasteiger partial charge in [-0.2, -0.15) is 0 Å². The van der Waals surface area contributed by atoms with E-state index in [0.29, 0.717) is 17.2 Å². The van der Waals surface area contributed by atoms with Crippen molar-refractivity contribution in [3.63, 3.8) is 0 Å². The Kier molecular flexibility index (Phi) is 4.85. The van der Waals surface area contributed by atoms with Crippen molar-refractivity contribution in [1.29, 1.82) is 0 Å². The van der Waals surface area contributed by atoms with E-state index in [4.69, 9.17) is 9.47 Å². The standard InChI is InChI=1S/C17H21NO4S/c1-12-7-6-8-15(13(12)2)18(3)23(19,20)14-9-10-16(21-4)17(11-14)22-5/h6-11H,1-5H3. The predicted molar refractivity (Wildman–Crippen MR) is 91.1 cm³/mol. The SMILES string of the molecule is COc1ccc(S(=O)(=O)N(C)c2cccc(C)c2C)cc1OC. The lowest BCUT2D eigenvalue weighted by atomic mass is 10.1. The molecule has 2 aromatic carbocycles. The summed E-state index contributed by atoms with van der Waals surface area (Å²) in [6.07, 6.45) is 0. The zero-order valence-corrected chi connectivity index (χ0v) is 14.8. The molecule has 0 radical (unpaired) electrons. The summed E-state index contributed by atoms with van der Waals surface area (Å²) in [7, 11) is 0.841. The minimum Gasteiger partial charge on any atom is -0.493 e. The van der Waals surface area contributed by atoms with Crippen molar-refractivity contribution in [2.45, 2.75) is 18.7 Å². The zero-order valence-electron chi connectivity index (χ0n) is 14.0. The fourth-order valence-electron chi connectivity index (χ4n) is 2.34. The number of benzene rings is 2. The highest BCUT2D eigenvalue weighted by Gasteiger charge is 2.24. The lowest BCUT2D eigenvalue weighted by Gasteiger charge is -2.22. The molecule has 0 bridgehead atoms. The summed E-state index contributed by atoms with van der Waals surface area (Å²) in [6, 6.07) is 10.2. The Labute approximate surface area is 137 Å². The van der Waals surface area contributed by atoms with Crippen molar-refractivity contribution >= 4 is 15.7 Å². The maximum atomic E-state index is 12.9. The summed E-state index contributed by atoms with van der Waals surface area (Å²) < 4.78 is 37.4. The first kappa shape index (κ1) is 17.1. The van der Waals surface area contributed by atoms with Crippen molar-refractivity contribution < 1.29 is 17.9 Å². The molecule has 0 aliphatic rings. The number of nitrogens with zero attached hydrogens (tertiary/aromatic N) is 1. The van der Waals surface area contributed by atoms with Crippen LogP contribution in [0.15, 0.2) is 41.3 Å². The summed E-state index contributed by atoms with van der Waals surface area (Å²) >= 11 is 0. The second-order valence-electron chi connectivity index (χ2n) is 5.21. The van der Waals surface area contributed by atoms with Gasteiger partial charge in [0.25, 0.3) is 10.0 Å². The van der Waals surface area contributed by atoms with Crippen LogP contribution in [-0.4, -0.2) is 29.7 Å². The van der Waals surface area contributed by atoms with E-state index < -0.39 is 10.0 Å². The molecule has 2 rings (SSSR count). The van der Waals surface area contributed by atoms with E-state index in [0.717, 1.165) is 11.1 Å². The summed E-state index contributed by atoms with van der Waals surface area (Å²) in [5, 5.41) is 0. The van der Waals surface area contributed by atoms with Gasteiger partial charge in [0.2, 0.25) is 0 Å². The number of methoxy groups -OCH3 is 2. The fourth-order valence-corrected chi connectivity index (χ4v) is 3.61. The minimum absolute atomic E-state index is 0.151. The van der Waals surface area contributed by atoms with Crippen molar-refractivity contribution in [1.82, 2.24) is 0 Å². The molecule has 0 amide bonds. The molecule has 0 atom stereocenters. The molecule has 0 N–H and O–H groups in total. The topological polar surface area (TPSA) is 55.8 Å². The van der Waals surface area contributed by atoms with E-state index in [1.165, 1.54) is 30.7 Å². The number of rotatable bonds is 5. The molecule has 23 heavy (non-hydrogen) atoms. The summed E-state index contributed by atoms with van der Waals surface area (Å²) in [5.41, 5.74) is 2.62. The number of hydrogen-bond donors (Lipinski definition) is 0. The second kappa shape index (κ2) is 6.50. The van der Waals surface area contributed by atoms with E-state index in [2.05, 4.69) is 0 Å². The van der Waals surface area contributed by atoms with Gasteiger partial charge in [-0.3, -0.25) is 4.31 Å². The monoisotopic (exact) mass is 335 g/mol. The Balaban J connectivity index is 2.51. The third-order valence-electron chi connectivity index (χ3n) is 3.93. The molecule has 2 aromatic rings. The molecule has 0 spiro atoms. The van der Waals surface area contributed by atoms with Gasteiger partial charge in [-0.1, -0.05) is 12.1 Å². The molecule has 0 fully saturated rings. The van der Waals surface area contributed by atoms with E-state index in [-0.39, 0.29) is 4.90 Å². The van der Waals surface area contributed by atoms with Crippen molar-refractivity contribution in [2.75, 3.05) is 25.6 Å². The molecule has 0 aromatic heterocycles. The van der Waals surface area contributed by atoms with Crippen LogP contribution in [0.3, 0.4) is 0 Å². The molecule has 0 aliphatic carbocycles. The first-order valence-corrected chi connectivity index (χ1v) is 8.54. The summed E-state index contributed by atoms with van der Waals surface area (Å²) in [5.74, 6) is 0.865. The normalized spacial score (nSPS) is 11.2. The molecule has 0 heterocycles. The Morgan fingerprint density at radius 3 is 2.22 bits per heavy atom. The number of sulfonamides is 1. The predicted octanol–water partition coefficient (Wildman–Crippen LogP) is 3.15. The van der Waals surface area contributed by atoms with Gasteiger partial charge in [0.05, 0.1) is 24.8 Å². The third kappa shape index (κ3) is 3.12. The van der Waals surface area contributed by atoms with Crippen LogP contribution in [0, 0.1) is 13.8 Å². The quantitative estimate of drug-likeness (QED) is 0.842. The number of ether oxygens (including phenoxy) is 2. The molecular weight excluding hydrogens is 314 g/mol. The van der Waals surface area contributed by atoms with Crippen LogP contribution >= 0.6 is 0 Å². The Bertz CT molecular complexity index is 815. The minimum atomic E-state index is -3.69. The number of hydrogen-bond acceptors (Lipinski definition) is 4. The average molecular weight is 335 g/mol. The van der Waals surface area contributed by atoms with Crippen LogP contribution in [0.2, 0.25) is 0 Å². The van der Waals surface area contributed by atoms with Gasteiger partial charge in [-0.25, -0.2) is 8.42 Å². The fraction of sp³-hybridized carbons (Fsp3) is 0.294. The van der Waals surface area contributed by atoms with Crippen molar-refractivity contribution in [3.05, 3.63) is 47.5 Å². The van der Waals surface area contributed by atoms with Gasteiger partial charge in [-0.15, -0.1) is 0 Å². The number of anilines is 1. The van der Waals surface area contributed by atoms with E-state index in [1.807, 2.05) is 26.0 Å². The molecule has 5 nitrogen and oxygen atoms in total. The van der Waals surface area contributed by atoms with Crippen molar-refractivity contribution in [3.8, 4) is 11.5 Å². The van der Waals surface area contributed by atoms with Gasteiger partial charge in [0.15, 0.2) is 11.5 Å². The van der Waals surface area contributed by atoms with Gasteiger partial charge < -0.3 is 9.47 Å². The molecule has 0 aliphatic heterocycles. The molecule has 0 saturated carbocycles. The van der Waals surface area contributed by atoms with Crippen LogP contribution < -0.4 is 13.8 Å². The van der Waals surface area contributed by atoms with E-state index in [1.54, 1.807) is 19.2 Å². The molecule has 0 saturated heterocycles. The Hall–Kier alpha value is -2.21. The largest absolute Gasteiger partial charge is 0.493 e. The maximum Gasteiger partial charge on any atom is 0.264 e. The highest BCUT2D eigenvalue weighted by atomic mass is 32.2. The van der Waals surface area contributed by atoms with Crippen LogP contribution in [0.1, 0.15) is 11.1 Å². The molecule has 124 valence electrons. The highest BCUT2D eigenvalue weighted by Crippen LogP contribution is 2.32. The van der Waals surface area contributed by atoms with Gasteiger partial charge in [0.1, 0.15) is 0 Å². The lowest BCUT2D eigenvalue weighted by Crippen LogP contribution is -2.27. The van der Waals surface area contributed by atoms with Crippen LogP contribution in [0.25, 0.3) is 0 Å². The van der Waals surface area contributed by atoms with Crippen molar-refractivity contribution in [2.24, 2.45) is 0 Å². The van der Waals surface area contributed by atoms with Gasteiger partial charge in [-0.05, 0) is 43.2 Å². The molecule has 0 unspecified atom stereocenters. The van der Waals surface area contributed by atoms with Crippen LogP contribution in [-0.2, 0) is 10.0 Å².